The Kier molecular flexibility index (Phi) is 3.12. The van der Waals surface area contributed by atoms with Crippen LogP contribution in [0.5, 0.6) is 0 Å². The SMILES string of the molecule is Cc1ccc(C)c2n[nH]nc12.c1ccc2n[nH]nc2c1. The minimum Gasteiger partial charge on any atom is -0.197 e. The topological polar surface area (TPSA) is 83.1 Å². The van der Waals surface area contributed by atoms with E-state index in [-0.39, 0.29) is 0 Å². The lowest BCUT2D eigenvalue weighted by molar-refractivity contribution is 0.957. The number of aromatic nitrogens is 6. The molecule has 20 heavy (non-hydrogen) atoms. The van der Waals surface area contributed by atoms with E-state index in [4.69, 9.17) is 0 Å². The maximum absolute atomic E-state index is 4.04. The number of benzene rings is 2. The molecule has 0 atom stereocenters. The Labute approximate surface area is 115 Å². The first-order chi connectivity index (χ1) is 9.75. The number of nitrogens with one attached hydrogen (secondary N) is 2. The third kappa shape index (κ3) is 2.23. The lowest BCUT2D eigenvalue weighted by Gasteiger charge is -1.94. The van der Waals surface area contributed by atoms with Crippen molar-refractivity contribution in [3.05, 3.63) is 47.5 Å². The van der Waals surface area contributed by atoms with Crippen LogP contribution in [0.4, 0.5) is 0 Å². The number of fused-ring (bicyclic) bond motifs is 2. The molecule has 0 unspecified atom stereocenters. The van der Waals surface area contributed by atoms with E-state index in [9.17, 15) is 0 Å². The number of para-hydroxylation sites is 2. The molecule has 100 valence electrons. The van der Waals surface area contributed by atoms with Gasteiger partial charge in [-0.15, -0.1) is 0 Å². The van der Waals surface area contributed by atoms with Gasteiger partial charge in [-0.2, -0.15) is 30.8 Å². The second-order valence-electron chi connectivity index (χ2n) is 4.53. The molecule has 0 aliphatic heterocycles. The minimum atomic E-state index is 0.914. The Balaban J connectivity index is 0.000000123. The van der Waals surface area contributed by atoms with Gasteiger partial charge in [-0.1, -0.05) is 24.3 Å². The first kappa shape index (κ1) is 12.3. The summed E-state index contributed by atoms with van der Waals surface area (Å²) in [5.74, 6) is 0. The molecule has 0 bridgehead atoms. The Bertz CT molecular complexity index is 779. The van der Waals surface area contributed by atoms with Crippen LogP contribution in [0.25, 0.3) is 22.1 Å². The van der Waals surface area contributed by atoms with Crippen LogP contribution in [-0.2, 0) is 0 Å². The van der Waals surface area contributed by atoms with E-state index in [1.165, 1.54) is 11.1 Å². The maximum atomic E-state index is 4.04. The highest BCUT2D eigenvalue weighted by Crippen LogP contribution is 2.16. The summed E-state index contributed by atoms with van der Waals surface area (Å²) in [6.07, 6.45) is 0. The van der Waals surface area contributed by atoms with Crippen LogP contribution >= 0.6 is 0 Å². The number of aryl methyl sites for hydroxylation is 2. The molecule has 2 N–H and O–H groups in total. The summed E-state index contributed by atoms with van der Waals surface area (Å²) in [5, 5.41) is 21.0. The second kappa shape index (κ2) is 5.08. The molecule has 0 saturated carbocycles. The van der Waals surface area contributed by atoms with Gasteiger partial charge in [-0.25, -0.2) is 0 Å². The van der Waals surface area contributed by atoms with Crippen LogP contribution in [0.2, 0.25) is 0 Å². The lowest BCUT2D eigenvalue weighted by atomic mass is 10.1. The Morgan fingerprint density at radius 3 is 1.60 bits per heavy atom. The monoisotopic (exact) mass is 266 g/mol. The summed E-state index contributed by atoms with van der Waals surface area (Å²) < 4.78 is 0. The number of rotatable bonds is 0. The second-order valence-corrected chi connectivity index (χ2v) is 4.53. The third-order valence-electron chi connectivity index (χ3n) is 3.10. The molecule has 0 amide bonds. The average molecular weight is 266 g/mol. The Morgan fingerprint density at radius 2 is 1.10 bits per heavy atom. The van der Waals surface area contributed by atoms with Gasteiger partial charge in [0.2, 0.25) is 0 Å². The highest BCUT2D eigenvalue weighted by molar-refractivity contribution is 5.80. The molecule has 2 heterocycles. The molecule has 6 nitrogen and oxygen atoms in total. The highest BCUT2D eigenvalue weighted by Gasteiger charge is 2.02. The fourth-order valence-electron chi connectivity index (χ4n) is 1.97. The van der Waals surface area contributed by atoms with E-state index >= 15 is 0 Å². The standard InChI is InChI=1S/C8H9N3.C6H5N3/c1-5-3-4-6(2)8-7(5)9-11-10-8;1-2-4-6-5(3-1)7-9-8-6/h3-4H,1-2H3,(H,9,10,11);1-4H,(H,7,8,9). The maximum Gasteiger partial charge on any atom is 0.116 e. The summed E-state index contributed by atoms with van der Waals surface area (Å²) in [7, 11) is 0. The van der Waals surface area contributed by atoms with Crippen molar-refractivity contribution >= 4 is 22.1 Å². The zero-order valence-corrected chi connectivity index (χ0v) is 11.3. The van der Waals surface area contributed by atoms with Gasteiger partial charge in [0, 0.05) is 0 Å². The number of H-pyrrole nitrogens is 2. The van der Waals surface area contributed by atoms with Crippen molar-refractivity contribution < 1.29 is 0 Å². The molecule has 2 aromatic carbocycles. The smallest absolute Gasteiger partial charge is 0.116 e. The van der Waals surface area contributed by atoms with Crippen LogP contribution in [0.15, 0.2) is 36.4 Å². The lowest BCUT2D eigenvalue weighted by Crippen LogP contribution is -1.79. The van der Waals surface area contributed by atoms with Gasteiger partial charge >= 0.3 is 0 Å². The van der Waals surface area contributed by atoms with Crippen molar-refractivity contribution in [3.8, 4) is 0 Å². The summed E-state index contributed by atoms with van der Waals surface area (Å²) in [6.45, 7) is 4.06. The molecule has 0 spiro atoms. The zero-order valence-electron chi connectivity index (χ0n) is 11.3. The molecule has 6 heteroatoms. The molecule has 0 aliphatic carbocycles. The summed E-state index contributed by atoms with van der Waals surface area (Å²) in [6, 6.07) is 11.8. The predicted molar refractivity (Wildman–Crippen MR) is 77.3 cm³/mol. The Hall–Kier alpha value is -2.76. The number of hydrogen-bond donors (Lipinski definition) is 2. The van der Waals surface area contributed by atoms with Crippen LogP contribution < -0.4 is 0 Å². The first-order valence-electron chi connectivity index (χ1n) is 6.28. The molecule has 4 aromatic rings. The fraction of sp³-hybridized carbons (Fsp3) is 0.143. The molecule has 4 rings (SSSR count). The predicted octanol–water partition coefficient (Wildman–Crippen LogP) is 2.53. The summed E-state index contributed by atoms with van der Waals surface area (Å²) in [4.78, 5) is 0. The van der Waals surface area contributed by atoms with Crippen molar-refractivity contribution in [1.29, 1.82) is 0 Å². The van der Waals surface area contributed by atoms with Crippen LogP contribution in [0, 0.1) is 13.8 Å². The van der Waals surface area contributed by atoms with Crippen molar-refractivity contribution in [2.75, 3.05) is 0 Å². The van der Waals surface area contributed by atoms with Crippen LogP contribution in [0.1, 0.15) is 11.1 Å². The van der Waals surface area contributed by atoms with E-state index < -0.39 is 0 Å². The van der Waals surface area contributed by atoms with E-state index in [0.717, 1.165) is 22.1 Å². The van der Waals surface area contributed by atoms with Gasteiger partial charge in [0.1, 0.15) is 22.1 Å². The van der Waals surface area contributed by atoms with Crippen molar-refractivity contribution in [2.45, 2.75) is 13.8 Å². The van der Waals surface area contributed by atoms with E-state index in [2.05, 4.69) is 43.0 Å². The van der Waals surface area contributed by atoms with E-state index in [1.54, 1.807) is 0 Å². The van der Waals surface area contributed by atoms with Gasteiger partial charge in [0.05, 0.1) is 0 Å². The average Bonchev–Trinajstić information content (AvgIpc) is 3.12. The van der Waals surface area contributed by atoms with Crippen LogP contribution in [0.3, 0.4) is 0 Å². The molecule has 0 saturated heterocycles. The number of aromatic amines is 2. The summed E-state index contributed by atoms with van der Waals surface area (Å²) in [5.41, 5.74) is 6.11. The fourth-order valence-corrected chi connectivity index (χ4v) is 1.97. The normalized spacial score (nSPS) is 10.5. The quantitative estimate of drug-likeness (QED) is 0.512. The molecule has 0 radical (unpaired) electrons. The number of nitrogens with zero attached hydrogens (tertiary/aromatic N) is 4. The molecule has 0 fully saturated rings. The molecular weight excluding hydrogens is 252 g/mol. The molecular formula is C14H14N6. The highest BCUT2D eigenvalue weighted by atomic mass is 15.3. The summed E-state index contributed by atoms with van der Waals surface area (Å²) >= 11 is 0. The van der Waals surface area contributed by atoms with E-state index in [0.29, 0.717) is 0 Å². The first-order valence-corrected chi connectivity index (χ1v) is 6.28. The van der Waals surface area contributed by atoms with Gasteiger partial charge in [-0.3, -0.25) is 0 Å². The van der Waals surface area contributed by atoms with Gasteiger partial charge in [0.25, 0.3) is 0 Å². The minimum absolute atomic E-state index is 0.914. The Morgan fingerprint density at radius 1 is 0.650 bits per heavy atom. The van der Waals surface area contributed by atoms with Gasteiger partial charge < -0.3 is 0 Å². The van der Waals surface area contributed by atoms with Crippen molar-refractivity contribution in [3.63, 3.8) is 0 Å². The zero-order chi connectivity index (χ0) is 13.9. The van der Waals surface area contributed by atoms with Gasteiger partial charge in [0.15, 0.2) is 0 Å². The van der Waals surface area contributed by atoms with E-state index in [1.807, 2.05) is 38.1 Å². The van der Waals surface area contributed by atoms with Crippen molar-refractivity contribution in [1.82, 2.24) is 30.8 Å². The molecule has 0 aliphatic rings. The number of hydrogen-bond acceptors (Lipinski definition) is 4. The van der Waals surface area contributed by atoms with Crippen molar-refractivity contribution in [2.24, 2.45) is 0 Å². The third-order valence-corrected chi connectivity index (χ3v) is 3.10. The largest absolute Gasteiger partial charge is 0.197 e. The van der Waals surface area contributed by atoms with Crippen LogP contribution in [-0.4, -0.2) is 30.8 Å². The van der Waals surface area contributed by atoms with Gasteiger partial charge in [-0.05, 0) is 37.1 Å². The molecule has 2 aromatic heterocycles.